The molecule has 1 saturated heterocycles. The predicted octanol–water partition coefficient (Wildman–Crippen LogP) is 6.93. The SMILES string of the molecule is CCC1=C(C)C2=NC1=CC1=C(C)C3=C(O)CC(=C4NC(=CC5=NC(=C2)C(CC)=C5C)[C@H](C)[C@@H]4CCC(=O)O)C3=N1. The fourth-order valence-electron chi connectivity index (χ4n) is 6.88. The van der Waals surface area contributed by atoms with Crippen LogP contribution in [0.25, 0.3) is 0 Å². The Labute approximate surface area is 235 Å². The van der Waals surface area contributed by atoms with E-state index < -0.39 is 5.97 Å². The van der Waals surface area contributed by atoms with E-state index in [1.807, 2.05) is 13.0 Å². The maximum Gasteiger partial charge on any atom is 0.303 e. The van der Waals surface area contributed by atoms with Crippen LogP contribution < -0.4 is 5.32 Å². The number of carboxylic acid groups (broad SMARTS) is 1. The van der Waals surface area contributed by atoms with Gasteiger partial charge in [-0.2, -0.15) is 0 Å². The summed E-state index contributed by atoms with van der Waals surface area (Å²) in [6.07, 6.45) is 8.96. The third-order valence-electron chi connectivity index (χ3n) is 9.21. The van der Waals surface area contributed by atoms with Gasteiger partial charge >= 0.3 is 5.97 Å². The lowest BCUT2D eigenvalue weighted by Gasteiger charge is -2.17. The fraction of sp³-hybridized carbons (Fsp3) is 0.394. The predicted molar refractivity (Wildman–Crippen MR) is 159 cm³/mol. The second-order valence-electron chi connectivity index (χ2n) is 11.4. The van der Waals surface area contributed by atoms with Crippen LogP contribution in [0, 0.1) is 11.8 Å². The second-order valence-corrected chi connectivity index (χ2v) is 11.4. The highest BCUT2D eigenvalue weighted by molar-refractivity contribution is 6.21. The minimum absolute atomic E-state index is 0.0311. The largest absolute Gasteiger partial charge is 0.511 e. The Balaban J connectivity index is 1.61. The van der Waals surface area contributed by atoms with E-state index in [1.165, 1.54) is 11.1 Å². The van der Waals surface area contributed by atoms with Gasteiger partial charge in [-0.25, -0.2) is 15.0 Å². The lowest BCUT2D eigenvalue weighted by Crippen LogP contribution is -2.15. The molecule has 5 aliphatic heterocycles. The van der Waals surface area contributed by atoms with Crippen molar-refractivity contribution in [3.63, 3.8) is 0 Å². The van der Waals surface area contributed by atoms with Gasteiger partial charge in [0.2, 0.25) is 0 Å². The smallest absolute Gasteiger partial charge is 0.303 e. The molecule has 6 rings (SSSR count). The van der Waals surface area contributed by atoms with Crippen LogP contribution in [0.15, 0.2) is 106 Å². The zero-order chi connectivity index (χ0) is 28.5. The molecule has 2 atom stereocenters. The molecule has 7 heteroatoms. The van der Waals surface area contributed by atoms with Crippen molar-refractivity contribution in [1.29, 1.82) is 0 Å². The molecule has 0 unspecified atom stereocenters. The molecule has 1 aliphatic carbocycles. The molecule has 206 valence electrons. The number of carboxylic acids is 1. The molecule has 0 spiro atoms. The van der Waals surface area contributed by atoms with E-state index in [9.17, 15) is 15.0 Å². The minimum Gasteiger partial charge on any atom is -0.511 e. The molecule has 6 aliphatic rings. The normalized spacial score (nSPS) is 25.4. The molecule has 8 bridgehead atoms. The van der Waals surface area contributed by atoms with Crippen LogP contribution >= 0.6 is 0 Å². The molecular weight excluding hydrogens is 500 g/mol. The van der Waals surface area contributed by atoms with Crippen molar-refractivity contribution in [2.24, 2.45) is 26.8 Å². The number of aliphatic hydroxyl groups is 1. The lowest BCUT2D eigenvalue weighted by atomic mass is 9.86. The summed E-state index contributed by atoms with van der Waals surface area (Å²) in [4.78, 5) is 26.8. The molecule has 0 radical (unpaired) electrons. The van der Waals surface area contributed by atoms with E-state index in [1.54, 1.807) is 0 Å². The van der Waals surface area contributed by atoms with Gasteiger partial charge in [-0.15, -0.1) is 0 Å². The highest BCUT2D eigenvalue weighted by atomic mass is 16.4. The number of hydrogen-bond donors (Lipinski definition) is 3. The average Bonchev–Trinajstić information content (AvgIpc) is 3.65. The highest BCUT2D eigenvalue weighted by Crippen LogP contribution is 2.46. The van der Waals surface area contributed by atoms with E-state index in [4.69, 9.17) is 15.0 Å². The molecule has 7 nitrogen and oxygen atoms in total. The molecule has 40 heavy (non-hydrogen) atoms. The van der Waals surface area contributed by atoms with Crippen molar-refractivity contribution < 1.29 is 15.0 Å². The number of hydrogen-bond acceptors (Lipinski definition) is 6. The van der Waals surface area contributed by atoms with Crippen LogP contribution in [-0.2, 0) is 4.79 Å². The van der Waals surface area contributed by atoms with E-state index in [-0.39, 0.29) is 18.3 Å². The van der Waals surface area contributed by atoms with Crippen LogP contribution in [0.3, 0.4) is 0 Å². The van der Waals surface area contributed by atoms with Crippen molar-refractivity contribution in [2.75, 3.05) is 0 Å². The summed E-state index contributed by atoms with van der Waals surface area (Å²) < 4.78 is 0. The summed E-state index contributed by atoms with van der Waals surface area (Å²) in [5.41, 5.74) is 14.7. The number of aliphatic hydroxyl groups excluding tert-OH is 1. The number of carbonyl (C=O) groups is 1. The summed E-state index contributed by atoms with van der Waals surface area (Å²) in [5.74, 6) is -0.462. The second kappa shape index (κ2) is 9.58. The Morgan fingerprint density at radius 1 is 0.950 bits per heavy atom. The van der Waals surface area contributed by atoms with Gasteiger partial charge in [0.05, 0.1) is 34.2 Å². The summed E-state index contributed by atoms with van der Waals surface area (Å²) in [7, 11) is 0. The Morgan fingerprint density at radius 3 is 2.20 bits per heavy atom. The summed E-state index contributed by atoms with van der Waals surface area (Å²) >= 11 is 0. The Morgan fingerprint density at radius 2 is 1.57 bits per heavy atom. The van der Waals surface area contributed by atoms with Crippen molar-refractivity contribution in [3.05, 3.63) is 91.5 Å². The molecule has 0 aromatic carbocycles. The zero-order valence-corrected chi connectivity index (χ0v) is 24.1. The van der Waals surface area contributed by atoms with Crippen molar-refractivity contribution in [1.82, 2.24) is 5.32 Å². The third kappa shape index (κ3) is 3.94. The van der Waals surface area contributed by atoms with Crippen LogP contribution in [0.2, 0.25) is 0 Å². The first-order valence-electron chi connectivity index (χ1n) is 14.3. The van der Waals surface area contributed by atoms with E-state index >= 15 is 0 Å². The van der Waals surface area contributed by atoms with Crippen molar-refractivity contribution in [2.45, 2.75) is 73.6 Å². The fourth-order valence-corrected chi connectivity index (χ4v) is 6.88. The number of fused-ring (bicyclic) bond motifs is 5. The zero-order valence-electron chi connectivity index (χ0n) is 24.1. The summed E-state index contributed by atoms with van der Waals surface area (Å²) in [6, 6.07) is 0. The minimum atomic E-state index is -0.808. The molecule has 0 aromatic rings. The number of rotatable bonds is 5. The topological polar surface area (TPSA) is 107 Å². The number of allylic oxidation sites excluding steroid dienone is 12. The van der Waals surface area contributed by atoms with Gasteiger partial charge in [0.15, 0.2) is 0 Å². The van der Waals surface area contributed by atoms with Crippen LogP contribution in [0.5, 0.6) is 0 Å². The Bertz CT molecular complexity index is 1630. The third-order valence-corrected chi connectivity index (χ3v) is 9.21. The quantitative estimate of drug-likeness (QED) is 0.354. The standard InChI is InChI=1S/C33H36N4O3/c1-7-19-15(3)23-12-25-17(5)21(9-10-30(39)40)32(36-25)22-11-29(38)31-18(6)26(37-33(22)31)14-28-20(8-2)16(4)24(35-28)13-27(19)34-23/h12-14,17,21,36,38H,7-11H2,1-6H3,(H,39,40)/t17-,21+/m1/s1. The maximum absolute atomic E-state index is 11.6. The van der Waals surface area contributed by atoms with Crippen LogP contribution in [-0.4, -0.2) is 33.3 Å². The summed E-state index contributed by atoms with van der Waals surface area (Å²) in [6.45, 7) is 12.7. The number of nitrogens with one attached hydrogen (secondary N) is 1. The van der Waals surface area contributed by atoms with E-state index in [0.717, 1.165) is 86.3 Å². The van der Waals surface area contributed by atoms with Crippen molar-refractivity contribution >= 4 is 23.1 Å². The van der Waals surface area contributed by atoms with Gasteiger partial charge in [-0.05, 0) is 86.1 Å². The van der Waals surface area contributed by atoms with Gasteiger partial charge in [-0.3, -0.25) is 4.79 Å². The first kappa shape index (κ1) is 26.2. The number of aliphatic imine (C=N–C) groups is 3. The summed E-state index contributed by atoms with van der Waals surface area (Å²) in [5, 5.41) is 24.3. The van der Waals surface area contributed by atoms with E-state index in [0.29, 0.717) is 18.6 Å². The van der Waals surface area contributed by atoms with Crippen LogP contribution in [0.1, 0.15) is 73.6 Å². The lowest BCUT2D eigenvalue weighted by molar-refractivity contribution is -0.137. The Hall–Kier alpha value is -4.00. The molecule has 5 heterocycles. The Kier molecular flexibility index (Phi) is 6.28. The highest BCUT2D eigenvalue weighted by Gasteiger charge is 2.41. The molecule has 0 saturated carbocycles. The monoisotopic (exact) mass is 536 g/mol. The van der Waals surface area contributed by atoms with Gasteiger partial charge in [0.25, 0.3) is 0 Å². The van der Waals surface area contributed by atoms with Crippen LogP contribution in [0.4, 0.5) is 0 Å². The maximum atomic E-state index is 11.6. The molecule has 0 aromatic heterocycles. The molecule has 0 amide bonds. The number of aliphatic carboxylic acids is 1. The van der Waals surface area contributed by atoms with Gasteiger partial charge in [0, 0.05) is 47.2 Å². The first-order valence-corrected chi connectivity index (χ1v) is 14.3. The first-order chi connectivity index (χ1) is 19.1. The van der Waals surface area contributed by atoms with Crippen molar-refractivity contribution in [3.8, 4) is 0 Å². The van der Waals surface area contributed by atoms with Gasteiger partial charge < -0.3 is 15.5 Å². The molecule has 3 N–H and O–H groups in total. The average molecular weight is 537 g/mol. The number of nitrogens with zero attached hydrogens (tertiary/aromatic N) is 3. The van der Waals surface area contributed by atoms with Gasteiger partial charge in [-0.1, -0.05) is 20.8 Å². The molecule has 1 fully saturated rings. The van der Waals surface area contributed by atoms with E-state index in [2.05, 4.69) is 52.1 Å². The molecular formula is C33H36N4O3. The van der Waals surface area contributed by atoms with Gasteiger partial charge in [0.1, 0.15) is 5.76 Å².